The van der Waals surface area contributed by atoms with Crippen LogP contribution in [-0.4, -0.2) is 68.2 Å². The quantitative estimate of drug-likeness (QED) is 0.712. The van der Waals surface area contributed by atoms with Crippen LogP contribution in [0.3, 0.4) is 0 Å². The monoisotopic (exact) mass is 377 g/mol. The summed E-state index contributed by atoms with van der Waals surface area (Å²) in [6.07, 6.45) is -1.09. The number of nitrogens with zero attached hydrogens (tertiary/aromatic N) is 1. The second-order valence-electron chi connectivity index (χ2n) is 6.24. The number of aliphatic hydroxyl groups is 2. The molecule has 0 bridgehead atoms. The lowest BCUT2D eigenvalue weighted by atomic mass is 10.2. The molecule has 0 unspecified atom stereocenters. The maximum atomic E-state index is 13.1. The van der Waals surface area contributed by atoms with Crippen LogP contribution >= 0.6 is 0 Å². The minimum Gasteiger partial charge on any atom is -0.394 e. The third-order valence-electron chi connectivity index (χ3n) is 4.15. The molecule has 1 saturated heterocycles. The SMILES string of the molecule is Cc1ccc(C)c(S(=O)(=O)N(C[C@@H](O)CO)[C@@H]2CCS(=O)(=O)C2)c1. The molecule has 0 radical (unpaired) electrons. The maximum absolute atomic E-state index is 13.1. The van der Waals surface area contributed by atoms with E-state index >= 15 is 0 Å². The van der Waals surface area contributed by atoms with Gasteiger partial charge in [0.15, 0.2) is 9.84 Å². The van der Waals surface area contributed by atoms with Gasteiger partial charge in [0.1, 0.15) is 0 Å². The zero-order chi connectivity index (χ0) is 18.1. The summed E-state index contributed by atoms with van der Waals surface area (Å²) in [5.74, 6) is -0.346. The summed E-state index contributed by atoms with van der Waals surface area (Å²) in [5, 5.41) is 18.8. The first kappa shape index (κ1) is 19.3. The van der Waals surface area contributed by atoms with E-state index in [0.717, 1.165) is 9.87 Å². The highest BCUT2D eigenvalue weighted by atomic mass is 32.2. The van der Waals surface area contributed by atoms with Crippen molar-refractivity contribution in [3.8, 4) is 0 Å². The van der Waals surface area contributed by atoms with E-state index in [1.165, 1.54) is 6.07 Å². The van der Waals surface area contributed by atoms with Crippen molar-refractivity contribution in [1.29, 1.82) is 0 Å². The van der Waals surface area contributed by atoms with Crippen molar-refractivity contribution in [2.75, 3.05) is 24.7 Å². The fourth-order valence-corrected chi connectivity index (χ4v) is 6.65. The van der Waals surface area contributed by atoms with Crippen molar-refractivity contribution in [2.45, 2.75) is 37.3 Å². The van der Waals surface area contributed by atoms with Gasteiger partial charge in [0.05, 0.1) is 29.1 Å². The first-order valence-electron chi connectivity index (χ1n) is 7.65. The lowest BCUT2D eigenvalue weighted by molar-refractivity contribution is 0.0730. The Labute approximate surface area is 142 Å². The molecule has 9 heteroatoms. The zero-order valence-electron chi connectivity index (χ0n) is 13.7. The maximum Gasteiger partial charge on any atom is 0.243 e. The van der Waals surface area contributed by atoms with E-state index in [1.54, 1.807) is 26.0 Å². The van der Waals surface area contributed by atoms with Gasteiger partial charge in [0.25, 0.3) is 0 Å². The molecule has 0 spiro atoms. The van der Waals surface area contributed by atoms with E-state index in [1.807, 2.05) is 0 Å². The van der Waals surface area contributed by atoms with Crippen molar-refractivity contribution in [2.24, 2.45) is 0 Å². The van der Waals surface area contributed by atoms with Crippen molar-refractivity contribution >= 4 is 19.9 Å². The van der Waals surface area contributed by atoms with E-state index in [2.05, 4.69) is 0 Å². The van der Waals surface area contributed by atoms with E-state index in [0.29, 0.717) is 5.56 Å². The van der Waals surface area contributed by atoms with Crippen molar-refractivity contribution in [3.63, 3.8) is 0 Å². The van der Waals surface area contributed by atoms with Crippen molar-refractivity contribution < 1.29 is 27.0 Å². The Morgan fingerprint density at radius 1 is 1.33 bits per heavy atom. The van der Waals surface area contributed by atoms with Crippen LogP contribution in [-0.2, 0) is 19.9 Å². The van der Waals surface area contributed by atoms with E-state index in [9.17, 15) is 21.9 Å². The molecule has 2 atom stereocenters. The summed E-state index contributed by atoms with van der Waals surface area (Å²) in [6, 6.07) is 4.28. The third kappa shape index (κ3) is 4.15. The highest BCUT2D eigenvalue weighted by Crippen LogP contribution is 2.27. The molecule has 0 aliphatic carbocycles. The standard InChI is InChI=1S/C15H23NO6S2/c1-11-3-4-12(2)15(7-11)24(21,22)16(8-14(18)9-17)13-5-6-23(19,20)10-13/h3-4,7,13-14,17-18H,5-6,8-10H2,1-2H3/t13-,14-/m1/s1. The summed E-state index contributed by atoms with van der Waals surface area (Å²) >= 11 is 0. The summed E-state index contributed by atoms with van der Waals surface area (Å²) in [5.41, 5.74) is 1.31. The molecule has 1 aromatic carbocycles. The largest absolute Gasteiger partial charge is 0.394 e. The van der Waals surface area contributed by atoms with Gasteiger partial charge in [-0.25, -0.2) is 16.8 Å². The second kappa shape index (κ2) is 7.09. The molecule has 7 nitrogen and oxygen atoms in total. The minimum absolute atomic E-state index is 0.0777. The van der Waals surface area contributed by atoms with Gasteiger partial charge >= 0.3 is 0 Å². The predicted octanol–water partition coefficient (Wildman–Crippen LogP) is -0.166. The van der Waals surface area contributed by atoms with Crippen LogP contribution in [0.15, 0.2) is 23.1 Å². The Bertz CT molecular complexity index is 803. The summed E-state index contributed by atoms with van der Waals surface area (Å²) < 4.78 is 50.7. The summed E-state index contributed by atoms with van der Waals surface area (Å²) in [6.45, 7) is 2.49. The molecule has 1 fully saturated rings. The number of benzene rings is 1. The van der Waals surface area contributed by atoms with Crippen LogP contribution in [0.25, 0.3) is 0 Å². The second-order valence-corrected chi connectivity index (χ2v) is 10.3. The first-order valence-corrected chi connectivity index (χ1v) is 10.9. The molecule has 0 aromatic heterocycles. The molecule has 1 aliphatic rings. The van der Waals surface area contributed by atoms with Crippen LogP contribution in [0.1, 0.15) is 17.5 Å². The number of aliphatic hydroxyl groups excluding tert-OH is 2. The summed E-state index contributed by atoms with van der Waals surface area (Å²) in [7, 11) is -7.29. The minimum atomic E-state index is -4.00. The van der Waals surface area contributed by atoms with E-state index in [-0.39, 0.29) is 29.4 Å². The molecule has 24 heavy (non-hydrogen) atoms. The highest BCUT2D eigenvalue weighted by molar-refractivity contribution is 7.92. The molecule has 1 heterocycles. The third-order valence-corrected chi connectivity index (χ3v) is 7.96. The van der Waals surface area contributed by atoms with Crippen LogP contribution < -0.4 is 0 Å². The van der Waals surface area contributed by atoms with E-state index < -0.39 is 38.6 Å². The van der Waals surface area contributed by atoms with Crippen molar-refractivity contribution in [1.82, 2.24) is 4.31 Å². The normalized spacial score (nSPS) is 22.0. The smallest absolute Gasteiger partial charge is 0.243 e. The van der Waals surface area contributed by atoms with Gasteiger partial charge in [0, 0.05) is 12.6 Å². The lowest BCUT2D eigenvalue weighted by Crippen LogP contribution is -2.46. The van der Waals surface area contributed by atoms with Gasteiger partial charge in [-0.2, -0.15) is 4.31 Å². The average Bonchev–Trinajstić information content (AvgIpc) is 2.86. The van der Waals surface area contributed by atoms with Crippen LogP contribution in [0, 0.1) is 13.8 Å². The number of sulfone groups is 1. The van der Waals surface area contributed by atoms with E-state index in [4.69, 9.17) is 5.11 Å². The average molecular weight is 377 g/mol. The van der Waals surface area contributed by atoms with Gasteiger partial charge < -0.3 is 10.2 Å². The van der Waals surface area contributed by atoms with Crippen molar-refractivity contribution in [3.05, 3.63) is 29.3 Å². The van der Waals surface area contributed by atoms with Gasteiger partial charge in [-0.05, 0) is 37.5 Å². The number of sulfonamides is 1. The predicted molar refractivity (Wildman–Crippen MR) is 90.0 cm³/mol. The zero-order valence-corrected chi connectivity index (χ0v) is 15.3. The number of aryl methyl sites for hydroxylation is 2. The van der Waals surface area contributed by atoms with Gasteiger partial charge in [-0.1, -0.05) is 12.1 Å². The Morgan fingerprint density at radius 2 is 2.00 bits per heavy atom. The molecule has 0 amide bonds. The Kier molecular flexibility index (Phi) is 5.71. The van der Waals surface area contributed by atoms with Crippen LogP contribution in [0.4, 0.5) is 0 Å². The molecule has 1 aromatic rings. The van der Waals surface area contributed by atoms with Crippen LogP contribution in [0.5, 0.6) is 0 Å². The number of rotatable bonds is 6. The Balaban J connectivity index is 2.47. The number of hydrogen-bond donors (Lipinski definition) is 2. The highest BCUT2D eigenvalue weighted by Gasteiger charge is 2.40. The Morgan fingerprint density at radius 3 is 2.54 bits per heavy atom. The number of hydrogen-bond acceptors (Lipinski definition) is 6. The molecule has 1 aliphatic heterocycles. The van der Waals surface area contributed by atoms with Gasteiger partial charge in [-0.15, -0.1) is 0 Å². The fourth-order valence-electron chi connectivity index (χ4n) is 2.82. The molecule has 136 valence electrons. The lowest BCUT2D eigenvalue weighted by Gasteiger charge is -2.29. The molecular formula is C15H23NO6S2. The fraction of sp³-hybridized carbons (Fsp3) is 0.600. The first-order chi connectivity index (χ1) is 11.1. The molecule has 0 saturated carbocycles. The summed E-state index contributed by atoms with van der Waals surface area (Å²) in [4.78, 5) is 0.0944. The molecular weight excluding hydrogens is 354 g/mol. The molecule has 2 rings (SSSR count). The van der Waals surface area contributed by atoms with Gasteiger partial charge in [-0.3, -0.25) is 0 Å². The Hall–Kier alpha value is -1.00. The van der Waals surface area contributed by atoms with Crippen LogP contribution in [0.2, 0.25) is 0 Å². The topological polar surface area (TPSA) is 112 Å². The van der Waals surface area contributed by atoms with Gasteiger partial charge in [0.2, 0.25) is 10.0 Å². The molecule has 2 N–H and O–H groups in total.